The second-order valence-corrected chi connectivity index (χ2v) is 13.2. The molecular formula is C24H47N3O13P2S. The van der Waals surface area contributed by atoms with Gasteiger partial charge in [0.2, 0.25) is 5.91 Å². The molecule has 2 rings (SSSR count). The summed E-state index contributed by atoms with van der Waals surface area (Å²) in [5.41, 5.74) is 0. The molecule has 0 aromatic carbocycles. The molecule has 3 amide bonds. The van der Waals surface area contributed by atoms with Crippen LogP contribution in [0.4, 0.5) is 4.79 Å². The standard InChI is InChI=1S/C24H47N3O13P2S/c1-2-38-42(32,33)39-17-19(40-41(30)31)16-37-15-14-36-13-12-35-11-10-34-9-5-8-25-22(28)7-4-3-6-21-23-20(18-43-21)26-24(29)27-23/h19-21,23,41H,2-18H2,1H3,(H,25,28)(H,30,31)(H,32,33)(H2,26,27,29). The Kier molecular flexibility index (Phi) is 20.2. The number of amides is 3. The maximum atomic E-state index is 12.0. The van der Waals surface area contributed by atoms with Gasteiger partial charge in [-0.15, -0.1) is 0 Å². The van der Waals surface area contributed by atoms with Crippen molar-refractivity contribution in [3.63, 3.8) is 0 Å². The molecule has 6 unspecified atom stereocenters. The summed E-state index contributed by atoms with van der Waals surface area (Å²) >= 11 is 1.89. The lowest BCUT2D eigenvalue weighted by molar-refractivity contribution is -0.121. The number of thioether (sulfide) groups is 1. The molecule has 0 radical (unpaired) electrons. The van der Waals surface area contributed by atoms with Crippen molar-refractivity contribution in [1.82, 2.24) is 16.0 Å². The van der Waals surface area contributed by atoms with Gasteiger partial charge < -0.3 is 49.2 Å². The molecule has 0 spiro atoms. The van der Waals surface area contributed by atoms with Crippen molar-refractivity contribution in [2.24, 2.45) is 0 Å². The highest BCUT2D eigenvalue weighted by atomic mass is 32.2. The molecule has 6 atom stereocenters. The molecule has 2 aliphatic heterocycles. The first-order valence-corrected chi connectivity index (χ1v) is 18.3. The first-order valence-electron chi connectivity index (χ1n) is 14.5. The summed E-state index contributed by atoms with van der Waals surface area (Å²) in [7, 11) is -7.56. The molecule has 0 saturated carbocycles. The number of rotatable bonds is 27. The van der Waals surface area contributed by atoms with Crippen molar-refractivity contribution in [3.8, 4) is 0 Å². The number of nitrogens with one attached hydrogen (secondary N) is 3. The number of phosphoric ester groups is 1. The van der Waals surface area contributed by atoms with Gasteiger partial charge in [0.15, 0.2) is 0 Å². The lowest BCUT2D eigenvalue weighted by atomic mass is 10.0. The highest BCUT2D eigenvalue weighted by molar-refractivity contribution is 8.00. The largest absolute Gasteiger partial charge is 0.472 e. The number of carbonyl (C=O) groups is 2. The van der Waals surface area contributed by atoms with Gasteiger partial charge in [0.1, 0.15) is 6.10 Å². The Labute approximate surface area is 257 Å². The van der Waals surface area contributed by atoms with E-state index in [0.29, 0.717) is 57.7 Å². The van der Waals surface area contributed by atoms with Crippen LogP contribution in [0.5, 0.6) is 0 Å². The molecule has 5 N–H and O–H groups in total. The Morgan fingerprint density at radius 3 is 2.37 bits per heavy atom. The zero-order valence-electron chi connectivity index (χ0n) is 24.6. The zero-order chi connectivity index (χ0) is 31.3. The van der Waals surface area contributed by atoms with Crippen molar-refractivity contribution < 1.29 is 61.0 Å². The fraction of sp³-hybridized carbons (Fsp3) is 0.917. The van der Waals surface area contributed by atoms with Gasteiger partial charge in [-0.05, 0) is 26.2 Å². The van der Waals surface area contributed by atoms with Crippen LogP contribution in [0.15, 0.2) is 0 Å². The molecular weight excluding hydrogens is 632 g/mol. The van der Waals surface area contributed by atoms with Gasteiger partial charge in [-0.2, -0.15) is 11.8 Å². The summed E-state index contributed by atoms with van der Waals surface area (Å²) in [6, 6.07) is 0.366. The van der Waals surface area contributed by atoms with Crippen LogP contribution in [0.1, 0.15) is 39.0 Å². The van der Waals surface area contributed by atoms with Crippen LogP contribution in [-0.2, 0) is 46.4 Å². The fourth-order valence-corrected chi connectivity index (χ4v) is 7.00. The normalized spacial score (nSPS) is 22.4. The predicted octanol–water partition coefficient (Wildman–Crippen LogP) is 1.21. The van der Waals surface area contributed by atoms with E-state index in [1.54, 1.807) is 0 Å². The van der Waals surface area contributed by atoms with E-state index in [1.165, 1.54) is 6.92 Å². The topological polar surface area (TPSA) is 209 Å². The van der Waals surface area contributed by atoms with E-state index in [0.717, 1.165) is 25.0 Å². The summed E-state index contributed by atoms with van der Waals surface area (Å²) in [5, 5.41) is 9.26. The summed E-state index contributed by atoms with van der Waals surface area (Å²) < 4.78 is 58.1. The van der Waals surface area contributed by atoms with Crippen LogP contribution in [0.3, 0.4) is 0 Å². The van der Waals surface area contributed by atoms with Crippen molar-refractivity contribution in [2.75, 3.05) is 78.4 Å². The third-order valence-electron chi connectivity index (χ3n) is 6.27. The van der Waals surface area contributed by atoms with Gasteiger partial charge in [0.25, 0.3) is 0 Å². The lowest BCUT2D eigenvalue weighted by Crippen LogP contribution is -2.36. The van der Waals surface area contributed by atoms with E-state index < -0.39 is 28.8 Å². The van der Waals surface area contributed by atoms with Gasteiger partial charge >= 0.3 is 22.1 Å². The van der Waals surface area contributed by atoms with E-state index in [1.807, 2.05) is 11.8 Å². The molecule has 43 heavy (non-hydrogen) atoms. The first kappa shape index (κ1) is 38.4. The molecule has 0 aromatic heterocycles. The van der Waals surface area contributed by atoms with Gasteiger partial charge in [-0.1, -0.05) is 6.42 Å². The number of urea groups is 1. The zero-order valence-corrected chi connectivity index (χ0v) is 27.3. The number of ether oxygens (including phenoxy) is 4. The average molecular weight is 680 g/mol. The second kappa shape index (κ2) is 22.7. The van der Waals surface area contributed by atoms with E-state index in [4.69, 9.17) is 32.9 Å². The predicted molar refractivity (Wildman–Crippen MR) is 158 cm³/mol. The van der Waals surface area contributed by atoms with Gasteiger partial charge in [0.05, 0.1) is 71.5 Å². The summed E-state index contributed by atoms with van der Waals surface area (Å²) in [4.78, 5) is 41.8. The van der Waals surface area contributed by atoms with E-state index >= 15 is 0 Å². The van der Waals surface area contributed by atoms with Crippen LogP contribution in [0, 0.1) is 0 Å². The number of hydrogen-bond donors (Lipinski definition) is 5. The first-order chi connectivity index (χ1) is 20.7. The molecule has 2 fully saturated rings. The van der Waals surface area contributed by atoms with Crippen LogP contribution in [0.25, 0.3) is 0 Å². The Hall–Kier alpha value is -0.810. The molecule has 2 saturated heterocycles. The van der Waals surface area contributed by atoms with Crippen LogP contribution >= 0.6 is 27.8 Å². The highest BCUT2D eigenvalue weighted by Gasteiger charge is 2.42. The molecule has 2 heterocycles. The van der Waals surface area contributed by atoms with Crippen molar-refractivity contribution in [1.29, 1.82) is 0 Å². The minimum absolute atomic E-state index is 0.0344. The molecule has 19 heteroatoms. The molecule has 0 aromatic rings. The van der Waals surface area contributed by atoms with Crippen molar-refractivity contribution in [3.05, 3.63) is 0 Å². The minimum atomic E-state index is -4.26. The third kappa shape index (κ3) is 18.1. The Morgan fingerprint density at radius 1 is 1.02 bits per heavy atom. The second-order valence-electron chi connectivity index (χ2n) is 9.67. The average Bonchev–Trinajstić information content (AvgIpc) is 3.50. The lowest BCUT2D eigenvalue weighted by Gasteiger charge is -2.18. The Morgan fingerprint density at radius 2 is 1.70 bits per heavy atom. The minimum Gasteiger partial charge on any atom is -0.379 e. The molecule has 0 aliphatic carbocycles. The SMILES string of the molecule is CCOP(=O)(O)OCC(COCCOCCOCCOCCCNC(=O)CCCCC1SCC2NC(=O)NC21)O[PH](=O)O. The van der Waals surface area contributed by atoms with E-state index in [2.05, 4.69) is 20.5 Å². The molecule has 252 valence electrons. The maximum absolute atomic E-state index is 12.0. The molecule has 16 nitrogen and oxygen atoms in total. The summed E-state index contributed by atoms with van der Waals surface area (Å²) in [6.45, 7) is 3.88. The van der Waals surface area contributed by atoms with Crippen LogP contribution in [-0.4, -0.2) is 124 Å². The van der Waals surface area contributed by atoms with E-state index in [-0.39, 0.29) is 50.4 Å². The highest BCUT2D eigenvalue weighted by Crippen LogP contribution is 2.43. The molecule has 2 aliphatic rings. The van der Waals surface area contributed by atoms with Crippen LogP contribution in [0.2, 0.25) is 0 Å². The van der Waals surface area contributed by atoms with Gasteiger partial charge in [-0.3, -0.25) is 18.4 Å². The number of phosphoric acid groups is 1. The van der Waals surface area contributed by atoms with Gasteiger partial charge in [0, 0.05) is 30.6 Å². The smallest absolute Gasteiger partial charge is 0.379 e. The Balaban J connectivity index is 1.32. The van der Waals surface area contributed by atoms with Crippen molar-refractivity contribution >= 4 is 39.8 Å². The number of carbonyl (C=O) groups excluding carboxylic acids is 2. The summed E-state index contributed by atoms with van der Waals surface area (Å²) in [5.74, 6) is 0.989. The number of unbranched alkanes of at least 4 members (excludes halogenated alkanes) is 1. The number of hydrogen-bond acceptors (Lipinski definition) is 12. The number of fused-ring (bicyclic) bond motifs is 1. The Bertz CT molecular complexity index is 878. The maximum Gasteiger partial charge on any atom is 0.472 e. The quantitative estimate of drug-likeness (QED) is 0.0470. The van der Waals surface area contributed by atoms with E-state index in [9.17, 15) is 23.6 Å². The van der Waals surface area contributed by atoms with Crippen LogP contribution < -0.4 is 16.0 Å². The summed E-state index contributed by atoms with van der Waals surface area (Å²) in [6.07, 6.45) is 2.97. The fourth-order valence-electron chi connectivity index (χ4n) is 4.28. The molecule has 0 bridgehead atoms. The van der Waals surface area contributed by atoms with Gasteiger partial charge in [-0.25, -0.2) is 9.36 Å². The monoisotopic (exact) mass is 679 g/mol. The van der Waals surface area contributed by atoms with Crippen molar-refractivity contribution in [2.45, 2.75) is 62.5 Å². The third-order valence-corrected chi connectivity index (χ3v) is 9.37.